The normalized spacial score (nSPS) is 21.9. The fraction of sp³-hybridized carbons (Fsp3) is 0.533. The molecule has 2 fully saturated rings. The van der Waals surface area contributed by atoms with Gasteiger partial charge in [-0.25, -0.2) is 0 Å². The van der Waals surface area contributed by atoms with Crippen molar-refractivity contribution in [2.24, 2.45) is 0 Å². The lowest BCUT2D eigenvalue weighted by molar-refractivity contribution is -0.130. The first-order valence-corrected chi connectivity index (χ1v) is 7.65. The van der Waals surface area contributed by atoms with E-state index in [-0.39, 0.29) is 5.91 Å². The van der Waals surface area contributed by atoms with Crippen LogP contribution in [0.4, 0.5) is 0 Å². The van der Waals surface area contributed by atoms with Crippen LogP contribution in [0.2, 0.25) is 0 Å². The molecule has 1 saturated heterocycles. The minimum absolute atomic E-state index is 0.177. The molecule has 19 heavy (non-hydrogen) atoms. The predicted octanol–water partition coefficient (Wildman–Crippen LogP) is 2.78. The number of benzene rings is 1. The van der Waals surface area contributed by atoms with Gasteiger partial charge in [-0.15, -0.1) is 0 Å². The molecule has 0 unspecified atom stereocenters. The molecule has 2 aliphatic rings. The van der Waals surface area contributed by atoms with Gasteiger partial charge in [-0.2, -0.15) is 0 Å². The number of amides is 1. The molecule has 0 atom stereocenters. The maximum atomic E-state index is 12.7. The van der Waals surface area contributed by atoms with E-state index in [9.17, 15) is 4.79 Å². The summed E-state index contributed by atoms with van der Waals surface area (Å²) >= 11 is 3.50. The van der Waals surface area contributed by atoms with Crippen LogP contribution < -0.4 is 5.32 Å². The molecule has 1 saturated carbocycles. The molecule has 0 bridgehead atoms. The molecule has 0 aromatic heterocycles. The molecule has 3 rings (SSSR count). The molecule has 1 aliphatic carbocycles. The zero-order valence-electron chi connectivity index (χ0n) is 10.8. The Morgan fingerprint density at radius 2 is 2.05 bits per heavy atom. The first kappa shape index (κ1) is 13.1. The number of carbonyl (C=O) groups is 1. The summed E-state index contributed by atoms with van der Waals surface area (Å²) in [6.07, 6.45) is 3.78. The van der Waals surface area contributed by atoms with E-state index in [0.717, 1.165) is 35.7 Å². The Kier molecular flexibility index (Phi) is 3.63. The molecule has 102 valence electrons. The molecule has 3 nitrogen and oxygen atoms in total. The average molecular weight is 324 g/mol. The summed E-state index contributed by atoms with van der Waals surface area (Å²) in [5.74, 6) is 0.177. The Morgan fingerprint density at radius 3 is 2.68 bits per heavy atom. The highest BCUT2D eigenvalue weighted by Gasteiger charge is 2.43. The summed E-state index contributed by atoms with van der Waals surface area (Å²) in [4.78, 5) is 12.7. The Balaban J connectivity index is 1.92. The Labute approximate surface area is 121 Å². The highest BCUT2D eigenvalue weighted by Crippen LogP contribution is 2.37. The lowest BCUT2D eigenvalue weighted by Gasteiger charge is -2.36. The highest BCUT2D eigenvalue weighted by molar-refractivity contribution is 9.10. The quantitative estimate of drug-likeness (QED) is 0.928. The smallest absolute Gasteiger partial charge is 0.231 e. The van der Waals surface area contributed by atoms with Crippen molar-refractivity contribution >= 4 is 21.8 Å². The number of ether oxygens (including phenoxy) is 1. The predicted molar refractivity (Wildman–Crippen MR) is 77.0 cm³/mol. The van der Waals surface area contributed by atoms with E-state index in [2.05, 4.69) is 33.4 Å². The van der Waals surface area contributed by atoms with Gasteiger partial charge in [0.05, 0.1) is 5.41 Å². The highest BCUT2D eigenvalue weighted by atomic mass is 79.9. The second-order valence-corrected chi connectivity index (χ2v) is 6.37. The number of rotatable bonds is 3. The molecule has 4 heteroatoms. The molecule has 1 aromatic rings. The van der Waals surface area contributed by atoms with E-state index in [4.69, 9.17) is 4.74 Å². The van der Waals surface area contributed by atoms with Crippen LogP contribution in [0.5, 0.6) is 0 Å². The molecule has 1 amide bonds. The van der Waals surface area contributed by atoms with E-state index in [1.807, 2.05) is 12.1 Å². The minimum Gasteiger partial charge on any atom is -0.381 e. The maximum absolute atomic E-state index is 12.7. The number of hydrogen-bond donors (Lipinski definition) is 1. The fourth-order valence-corrected chi connectivity index (χ4v) is 3.10. The molecular weight excluding hydrogens is 306 g/mol. The van der Waals surface area contributed by atoms with Crippen LogP contribution in [0.25, 0.3) is 0 Å². The average Bonchev–Trinajstić information content (AvgIpc) is 3.23. The maximum Gasteiger partial charge on any atom is 0.231 e. The lowest BCUT2D eigenvalue weighted by atomic mass is 9.73. The third-order valence-corrected chi connectivity index (χ3v) is 4.56. The van der Waals surface area contributed by atoms with Gasteiger partial charge in [0.15, 0.2) is 0 Å². The van der Waals surface area contributed by atoms with Gasteiger partial charge >= 0.3 is 0 Å². The second kappa shape index (κ2) is 5.25. The zero-order chi connectivity index (χ0) is 13.3. The summed E-state index contributed by atoms with van der Waals surface area (Å²) in [6.45, 7) is 1.31. The molecule has 0 radical (unpaired) electrons. The third-order valence-electron chi connectivity index (χ3n) is 4.07. The summed E-state index contributed by atoms with van der Waals surface area (Å²) in [7, 11) is 0. The Bertz CT molecular complexity index is 479. The van der Waals surface area contributed by atoms with Gasteiger partial charge in [-0.1, -0.05) is 28.1 Å². The Morgan fingerprint density at radius 1 is 1.32 bits per heavy atom. The van der Waals surface area contributed by atoms with Gasteiger partial charge < -0.3 is 10.1 Å². The number of carbonyl (C=O) groups excluding carboxylic acids is 1. The molecule has 0 spiro atoms. The monoisotopic (exact) mass is 323 g/mol. The van der Waals surface area contributed by atoms with Crippen molar-refractivity contribution in [3.8, 4) is 0 Å². The van der Waals surface area contributed by atoms with Crippen molar-refractivity contribution in [1.82, 2.24) is 5.32 Å². The van der Waals surface area contributed by atoms with Crippen molar-refractivity contribution in [3.05, 3.63) is 34.3 Å². The van der Waals surface area contributed by atoms with Crippen molar-refractivity contribution < 1.29 is 9.53 Å². The van der Waals surface area contributed by atoms with Crippen LogP contribution >= 0.6 is 15.9 Å². The summed E-state index contributed by atoms with van der Waals surface area (Å²) < 4.78 is 6.48. The molecule has 1 aliphatic heterocycles. The van der Waals surface area contributed by atoms with Crippen LogP contribution in [0.15, 0.2) is 28.7 Å². The van der Waals surface area contributed by atoms with Gasteiger partial charge in [-0.05, 0) is 43.4 Å². The molecular formula is C15H18BrNO2. The van der Waals surface area contributed by atoms with Crippen molar-refractivity contribution in [3.63, 3.8) is 0 Å². The van der Waals surface area contributed by atoms with Crippen LogP contribution in [-0.2, 0) is 14.9 Å². The van der Waals surface area contributed by atoms with E-state index in [1.54, 1.807) is 0 Å². The van der Waals surface area contributed by atoms with Gasteiger partial charge in [0.25, 0.3) is 0 Å². The van der Waals surface area contributed by atoms with Crippen LogP contribution in [0, 0.1) is 0 Å². The number of hydrogen-bond acceptors (Lipinski definition) is 2. The van der Waals surface area contributed by atoms with Crippen LogP contribution in [0.3, 0.4) is 0 Å². The topological polar surface area (TPSA) is 38.3 Å². The SMILES string of the molecule is O=C(NC1CC1)C1(c2cccc(Br)c2)CCOCC1. The van der Waals surface area contributed by atoms with E-state index in [0.29, 0.717) is 19.3 Å². The number of nitrogens with one attached hydrogen (secondary N) is 1. The first-order valence-electron chi connectivity index (χ1n) is 6.85. The van der Waals surface area contributed by atoms with E-state index < -0.39 is 5.41 Å². The van der Waals surface area contributed by atoms with Crippen LogP contribution in [-0.4, -0.2) is 25.2 Å². The number of halogens is 1. The fourth-order valence-electron chi connectivity index (χ4n) is 2.70. The van der Waals surface area contributed by atoms with Crippen LogP contribution in [0.1, 0.15) is 31.2 Å². The molecule has 1 heterocycles. The minimum atomic E-state index is -0.412. The largest absolute Gasteiger partial charge is 0.381 e. The van der Waals surface area contributed by atoms with E-state index >= 15 is 0 Å². The standard InChI is InChI=1S/C15H18BrNO2/c16-12-3-1-2-11(10-12)15(6-8-19-9-7-15)14(18)17-13-4-5-13/h1-3,10,13H,4-9H2,(H,17,18). The Hall–Kier alpha value is -0.870. The first-order chi connectivity index (χ1) is 9.21. The van der Waals surface area contributed by atoms with Gasteiger partial charge in [0.2, 0.25) is 5.91 Å². The summed E-state index contributed by atoms with van der Waals surface area (Å²) in [5.41, 5.74) is 0.688. The summed E-state index contributed by atoms with van der Waals surface area (Å²) in [5, 5.41) is 3.17. The molecule has 1 N–H and O–H groups in total. The second-order valence-electron chi connectivity index (χ2n) is 5.45. The van der Waals surface area contributed by atoms with Gasteiger partial charge in [0.1, 0.15) is 0 Å². The van der Waals surface area contributed by atoms with Gasteiger partial charge in [0, 0.05) is 23.7 Å². The lowest BCUT2D eigenvalue weighted by Crippen LogP contribution is -2.48. The molecule has 1 aromatic carbocycles. The van der Waals surface area contributed by atoms with Crippen molar-refractivity contribution in [2.75, 3.05) is 13.2 Å². The zero-order valence-corrected chi connectivity index (χ0v) is 12.4. The van der Waals surface area contributed by atoms with E-state index in [1.165, 1.54) is 0 Å². The third kappa shape index (κ3) is 2.70. The van der Waals surface area contributed by atoms with Crippen molar-refractivity contribution in [2.45, 2.75) is 37.1 Å². The summed E-state index contributed by atoms with van der Waals surface area (Å²) in [6, 6.07) is 8.52. The van der Waals surface area contributed by atoms with Gasteiger partial charge in [-0.3, -0.25) is 4.79 Å². The van der Waals surface area contributed by atoms with Crippen molar-refractivity contribution in [1.29, 1.82) is 0 Å².